The van der Waals surface area contributed by atoms with Gasteiger partial charge in [0.05, 0.1) is 28.5 Å². The van der Waals surface area contributed by atoms with Crippen molar-refractivity contribution in [1.29, 1.82) is 0 Å². The Morgan fingerprint density at radius 1 is 0.612 bits per heavy atom. The number of hydrogen-bond donors (Lipinski definition) is 16. The number of Topliss-reactive ketones (excluding diaryl/α,β-unsaturated/α-hetero) is 3. The molecule has 0 aromatic heterocycles. The molecule has 5 fully saturated rings. The number of benzene rings is 6. The van der Waals surface area contributed by atoms with E-state index in [1.807, 2.05) is 27.7 Å². The molecule has 10 aliphatic rings. The Labute approximate surface area is 707 Å². The highest BCUT2D eigenvalue weighted by Crippen LogP contribution is 2.58. The van der Waals surface area contributed by atoms with Crippen LogP contribution in [0.3, 0.4) is 0 Å². The molecule has 16 N–H and O–H groups in total. The molecule has 4 saturated carbocycles. The van der Waals surface area contributed by atoms with Crippen LogP contribution in [0.1, 0.15) is 174 Å². The molecule has 31 nitrogen and oxygen atoms in total. The van der Waals surface area contributed by atoms with Gasteiger partial charge in [-0.1, -0.05) is 76.0 Å². The van der Waals surface area contributed by atoms with E-state index in [1.54, 1.807) is 13.0 Å². The summed E-state index contributed by atoms with van der Waals surface area (Å²) in [5.74, 6) is -16.9. The fraction of sp³-hybridized carbons (Fsp3) is 0.489. The van der Waals surface area contributed by atoms with Gasteiger partial charge >= 0.3 is 0 Å². The molecule has 6 aliphatic heterocycles. The number of amides is 6. The third kappa shape index (κ3) is 20.0. The van der Waals surface area contributed by atoms with Crippen molar-refractivity contribution in [2.75, 3.05) is 46.0 Å². The molecular weight excluding hydrogens is 1610 g/mol. The maximum atomic E-state index is 16.7. The number of hydrogen-bond acceptors (Lipinski definition) is 26. The molecular formula is C88H103Cl2N7O24. The molecule has 121 heavy (non-hydrogen) atoms. The number of phenolic OH excluding ortho intramolecular Hbond substituents is 3. The molecule has 0 spiro atoms. The van der Waals surface area contributed by atoms with Crippen molar-refractivity contribution in [1.82, 2.24) is 37.2 Å². The van der Waals surface area contributed by atoms with Crippen molar-refractivity contribution >= 4 is 76.0 Å². The number of rotatable bonds is 24. The summed E-state index contributed by atoms with van der Waals surface area (Å²) >= 11 is 14.4. The second-order valence-electron chi connectivity index (χ2n) is 33.0. The van der Waals surface area contributed by atoms with E-state index in [0.29, 0.717) is 44.4 Å². The van der Waals surface area contributed by atoms with Crippen molar-refractivity contribution in [2.24, 2.45) is 47.3 Å². The van der Waals surface area contributed by atoms with Gasteiger partial charge in [0.2, 0.25) is 41.6 Å². The molecule has 1 saturated heterocycles. The minimum Gasteiger partial charge on any atom is -0.508 e. The first kappa shape index (κ1) is 88.7. The SMILES string of the molecule is CCNCCOc1cc(OCCNCC)cc(C(=O)NC(=O)C[C@@H]2CC(=O)[C@H](NC(=O)[C@H](CC)CC(C)C)[C@H](O)c3ccc(c(Cl)c3)Oc3cc4cc(c3O[C@@H]3O[C@H](CO)[C@@H](O)[C@H](O)[C@H]3O)Oc3ccc(cc3Cl)[C@@H](O)[C@@H]3NC(=O)[C@H](CC(=O)[C@@H]4NC2=O)c2ccc(O)c(c2)-c2c(O)cc(O)cc2[C@@H](C(=O)CC2C4CC5CC(C4)CC2C5)NC3=O)c1. The van der Waals surface area contributed by atoms with Gasteiger partial charge in [0.25, 0.3) is 5.91 Å². The second-order valence-corrected chi connectivity index (χ2v) is 33.8. The summed E-state index contributed by atoms with van der Waals surface area (Å²) in [6.07, 6.45) is -12.0. The van der Waals surface area contributed by atoms with Crippen molar-refractivity contribution in [3.63, 3.8) is 0 Å². The Morgan fingerprint density at radius 3 is 1.81 bits per heavy atom. The van der Waals surface area contributed by atoms with Gasteiger partial charge in [-0.3, -0.25) is 48.5 Å². The molecule has 0 unspecified atom stereocenters. The van der Waals surface area contributed by atoms with Crippen LogP contribution in [0.5, 0.6) is 57.5 Å². The molecule has 15 bridgehead atoms. The van der Waals surface area contributed by atoms with Crippen molar-refractivity contribution < 1.29 is 118 Å². The predicted molar refractivity (Wildman–Crippen MR) is 437 cm³/mol. The van der Waals surface area contributed by atoms with Crippen LogP contribution in [0.4, 0.5) is 0 Å². The molecule has 33 heteroatoms. The normalized spacial score (nSPS) is 27.2. The van der Waals surface area contributed by atoms with Gasteiger partial charge < -0.3 is 106 Å². The number of imide groups is 1. The van der Waals surface area contributed by atoms with E-state index in [0.717, 1.165) is 68.5 Å². The van der Waals surface area contributed by atoms with Gasteiger partial charge in [-0.05, 0) is 188 Å². The second kappa shape index (κ2) is 38.6. The van der Waals surface area contributed by atoms with Crippen LogP contribution in [0.2, 0.25) is 10.0 Å². The van der Waals surface area contributed by atoms with E-state index >= 15 is 28.8 Å². The zero-order valence-electron chi connectivity index (χ0n) is 67.4. The van der Waals surface area contributed by atoms with Crippen LogP contribution in [0.25, 0.3) is 11.1 Å². The molecule has 6 aromatic rings. The number of ether oxygens (including phenoxy) is 6. The first-order chi connectivity index (χ1) is 57.9. The van der Waals surface area contributed by atoms with Gasteiger partial charge in [-0.2, -0.15) is 0 Å². The third-order valence-corrected chi connectivity index (χ3v) is 24.7. The molecule has 6 aromatic carbocycles. The molecule has 6 heterocycles. The maximum Gasteiger partial charge on any atom is 0.258 e. The highest BCUT2D eigenvalue weighted by atomic mass is 35.5. The summed E-state index contributed by atoms with van der Waals surface area (Å²) in [7, 11) is 0. The average molecular weight is 1710 g/mol. The van der Waals surface area contributed by atoms with Gasteiger partial charge in [0, 0.05) is 73.5 Å². The number of likely N-dealkylation sites (N-methyl/N-ethyl adjacent to an activating group) is 2. The summed E-state index contributed by atoms with van der Waals surface area (Å²) in [6, 6.07) is 11.3. The summed E-state index contributed by atoms with van der Waals surface area (Å²) < 4.78 is 37.7. The predicted octanol–water partition coefficient (Wildman–Crippen LogP) is 7.68. The van der Waals surface area contributed by atoms with E-state index in [2.05, 4.69) is 37.2 Å². The summed E-state index contributed by atoms with van der Waals surface area (Å²) in [6.45, 7) is 10.7. The minimum absolute atomic E-state index is 0.0513. The Balaban J connectivity index is 0.990. The van der Waals surface area contributed by atoms with E-state index in [-0.39, 0.29) is 122 Å². The van der Waals surface area contributed by atoms with Gasteiger partial charge in [0.1, 0.15) is 114 Å². The van der Waals surface area contributed by atoms with Crippen LogP contribution in [0.15, 0.2) is 97.1 Å². The highest BCUT2D eigenvalue weighted by molar-refractivity contribution is 6.32. The van der Waals surface area contributed by atoms with Crippen LogP contribution in [-0.4, -0.2) is 188 Å². The monoisotopic (exact) mass is 1710 g/mol. The Morgan fingerprint density at radius 2 is 1.22 bits per heavy atom. The third-order valence-electron chi connectivity index (χ3n) is 24.1. The zero-order chi connectivity index (χ0) is 86.5. The fourth-order valence-corrected chi connectivity index (χ4v) is 18.6. The van der Waals surface area contributed by atoms with E-state index in [9.17, 15) is 60.3 Å². The van der Waals surface area contributed by atoms with Crippen LogP contribution >= 0.6 is 23.2 Å². The maximum absolute atomic E-state index is 16.7. The lowest BCUT2D eigenvalue weighted by atomic mass is 9.51. The lowest BCUT2D eigenvalue weighted by Gasteiger charge is -2.54. The van der Waals surface area contributed by atoms with E-state index in [1.165, 1.54) is 54.6 Å². The van der Waals surface area contributed by atoms with E-state index in [4.69, 9.17) is 51.6 Å². The van der Waals surface area contributed by atoms with Crippen LogP contribution < -0.4 is 60.9 Å². The lowest BCUT2D eigenvalue weighted by molar-refractivity contribution is -0.277. The number of fused-ring (bicyclic) bond motifs is 15. The Hall–Kier alpha value is -10.0. The highest BCUT2D eigenvalue weighted by Gasteiger charge is 2.51. The topological polar surface area (TPSA) is 475 Å². The number of aliphatic hydroxyl groups excluding tert-OH is 6. The molecule has 14 atom stereocenters. The molecule has 648 valence electrons. The zero-order valence-corrected chi connectivity index (χ0v) is 68.9. The first-order valence-corrected chi connectivity index (χ1v) is 42.0. The number of carbonyl (C=O) groups is 9. The number of aliphatic hydroxyl groups is 6. The molecule has 4 aliphatic carbocycles. The Bertz CT molecular complexity index is 4850. The van der Waals surface area contributed by atoms with Gasteiger partial charge in [-0.15, -0.1) is 0 Å². The molecule has 6 amide bonds. The molecule has 16 rings (SSSR count). The van der Waals surface area contributed by atoms with Gasteiger partial charge in [0.15, 0.2) is 28.8 Å². The standard InChI is InChI=1S/C88H103Cl2N7O24/c1-6-43(19-40(4)5)83(111)96-75-63(102)30-51(33-71(105)93-84(112)50-25-53(116-17-15-91-7-2)36-54(26-50)117-18-16-92-8-3)85(113)94-73-49-31-68(118-66-13-10-45(77(75)106)28-59(66)89)82(121-88-81(110)80(109)79(108)70(39-98)120-88)69(32-49)119-67-14-11-46(29-60(67)90)78(107)76-87(115)95-74(65(104)37-55-47-21-41-20-42(23-47)24-48(55)22-41)58-34-52(99)35-62(101)72(58)57-27-44(9-12-61(57)100)56(38-64(73)103)86(114)97-76/h9-14,25-29,31-32,34-36,40-43,47-48,51,55-56,70,73-81,88,91-92,98-101,106-110H,6-8,15-24,30,33,37-39H2,1-5H3,(H,94,113)(H,95,115)(H,96,111)(H,97,114)(H,93,105,112)/t41?,42?,43-,47?,48?,51+,55?,56-,70-,73-,74+,75+,76+,77-,78-,79-,80+,81-,88+/m1/s1. The number of nitrogens with one attached hydrogen (secondary N) is 7. The largest absolute Gasteiger partial charge is 0.508 e. The van der Waals surface area contributed by atoms with Crippen molar-refractivity contribution in [3.8, 4) is 68.6 Å². The number of halogens is 2. The minimum atomic E-state index is -2.24. The average Bonchev–Trinajstić information content (AvgIpc) is 0.756. The first-order valence-electron chi connectivity index (χ1n) is 41.2. The summed E-state index contributed by atoms with van der Waals surface area (Å²) in [5.41, 5.74) is -1.80. The number of aromatic hydroxyl groups is 3. The summed E-state index contributed by atoms with van der Waals surface area (Å²) in [4.78, 5) is 140. The van der Waals surface area contributed by atoms with E-state index < -0.39 is 204 Å². The van der Waals surface area contributed by atoms with Crippen LogP contribution in [-0.2, 0) is 43.1 Å². The van der Waals surface area contributed by atoms with Gasteiger partial charge in [-0.25, -0.2) is 0 Å². The quantitative estimate of drug-likeness (QED) is 0.0258. The summed E-state index contributed by atoms with van der Waals surface area (Å²) in [5, 5.41) is 124. The van der Waals surface area contributed by atoms with Crippen molar-refractivity contribution in [3.05, 3.63) is 140 Å². The number of carbonyl (C=O) groups excluding carboxylic acids is 9. The Kier molecular flexibility index (Phi) is 28.3. The smallest absolute Gasteiger partial charge is 0.258 e. The lowest BCUT2D eigenvalue weighted by Crippen LogP contribution is -2.60. The fourth-order valence-electron chi connectivity index (χ4n) is 18.2. The van der Waals surface area contributed by atoms with Crippen molar-refractivity contribution in [2.45, 2.75) is 178 Å². The van der Waals surface area contributed by atoms with Crippen LogP contribution in [0, 0.1) is 47.3 Å². The number of phenols is 3. The number of ketones is 3. The molecule has 0 radical (unpaired) electrons.